The molecule has 1 unspecified atom stereocenters. The van der Waals surface area contributed by atoms with Gasteiger partial charge in [0.25, 0.3) is 0 Å². The van der Waals surface area contributed by atoms with Crippen LogP contribution in [0.15, 0.2) is 18.2 Å². The molecule has 1 heterocycles. The molecule has 4 heteroatoms. The maximum Gasteiger partial charge on any atom is 0.127 e. The van der Waals surface area contributed by atoms with Gasteiger partial charge in [0, 0.05) is 18.2 Å². The van der Waals surface area contributed by atoms with E-state index in [1.54, 1.807) is 0 Å². The molecule has 1 aliphatic heterocycles. The average Bonchev–Trinajstić information content (AvgIpc) is 3.54. The van der Waals surface area contributed by atoms with Crippen LogP contribution in [-0.2, 0) is 4.74 Å². The first kappa shape index (κ1) is 19.8. The Kier molecular flexibility index (Phi) is 4.24. The molecule has 8 saturated carbocycles. The van der Waals surface area contributed by atoms with Crippen LogP contribution in [0.25, 0.3) is 0 Å². The Morgan fingerprint density at radius 2 is 0.970 bits per heavy atom. The van der Waals surface area contributed by atoms with Crippen LogP contribution >= 0.6 is 0 Å². The fourth-order valence-electron chi connectivity index (χ4n) is 9.91. The molecule has 0 spiro atoms. The van der Waals surface area contributed by atoms with Gasteiger partial charge in [-0.2, -0.15) is 0 Å². The maximum atomic E-state index is 6.95. The van der Waals surface area contributed by atoms with Crippen molar-refractivity contribution in [1.82, 2.24) is 0 Å². The van der Waals surface area contributed by atoms with Crippen molar-refractivity contribution in [3.63, 3.8) is 0 Å². The molecule has 0 aromatic heterocycles. The van der Waals surface area contributed by atoms with Crippen molar-refractivity contribution < 1.29 is 18.9 Å². The monoisotopic (exact) mass is 450 g/mol. The molecule has 8 aliphatic carbocycles. The van der Waals surface area contributed by atoms with Gasteiger partial charge in [0.15, 0.2) is 0 Å². The first-order valence-corrected chi connectivity index (χ1v) is 13.9. The minimum atomic E-state index is 0.0466. The second kappa shape index (κ2) is 7.06. The first-order valence-electron chi connectivity index (χ1n) is 13.9. The molecular weight excluding hydrogens is 412 g/mol. The lowest BCUT2D eigenvalue weighted by atomic mass is 9.54. The lowest BCUT2D eigenvalue weighted by Gasteiger charge is -2.56. The van der Waals surface area contributed by atoms with E-state index < -0.39 is 0 Å². The summed E-state index contributed by atoms with van der Waals surface area (Å²) in [7, 11) is 0. The second-order valence-corrected chi connectivity index (χ2v) is 13.3. The number of ether oxygens (including phenoxy) is 4. The molecule has 33 heavy (non-hydrogen) atoms. The SMILES string of the molecule is c1c(OCC2CO2)cc(OC23CC4CC(CC(C4)C2)C3)cc1OC12CC3CC(CC(C3)C1)C2. The number of hydrogen-bond donors (Lipinski definition) is 0. The first-order chi connectivity index (χ1) is 16.1. The van der Waals surface area contributed by atoms with E-state index in [9.17, 15) is 0 Å². The summed E-state index contributed by atoms with van der Waals surface area (Å²) in [4.78, 5) is 0. The van der Waals surface area contributed by atoms with Gasteiger partial charge in [-0.15, -0.1) is 0 Å². The quantitative estimate of drug-likeness (QED) is 0.467. The topological polar surface area (TPSA) is 40.2 Å². The van der Waals surface area contributed by atoms with Crippen LogP contribution in [0.4, 0.5) is 0 Å². The highest BCUT2D eigenvalue weighted by Crippen LogP contribution is 2.59. The Balaban J connectivity index is 1.08. The van der Waals surface area contributed by atoms with Crippen molar-refractivity contribution in [2.45, 2.75) is 94.4 Å². The van der Waals surface area contributed by atoms with Gasteiger partial charge in [0.05, 0.1) is 6.61 Å². The molecule has 9 fully saturated rings. The fraction of sp³-hybridized carbons (Fsp3) is 0.793. The number of benzene rings is 1. The van der Waals surface area contributed by atoms with Crippen LogP contribution in [0, 0.1) is 35.5 Å². The zero-order valence-corrected chi connectivity index (χ0v) is 19.8. The van der Waals surface area contributed by atoms with E-state index in [0.717, 1.165) is 59.4 Å². The van der Waals surface area contributed by atoms with E-state index in [0.29, 0.717) is 6.61 Å². The molecule has 178 valence electrons. The van der Waals surface area contributed by atoms with Crippen molar-refractivity contribution in [3.05, 3.63) is 18.2 Å². The Labute approximate surface area is 197 Å². The van der Waals surface area contributed by atoms with Crippen LogP contribution < -0.4 is 14.2 Å². The summed E-state index contributed by atoms with van der Waals surface area (Å²) in [5, 5.41) is 0. The van der Waals surface area contributed by atoms with E-state index in [4.69, 9.17) is 18.9 Å². The van der Waals surface area contributed by atoms with E-state index in [2.05, 4.69) is 18.2 Å². The van der Waals surface area contributed by atoms with Gasteiger partial charge in [0.1, 0.15) is 41.2 Å². The third-order valence-corrected chi connectivity index (χ3v) is 10.3. The molecule has 1 aromatic carbocycles. The van der Waals surface area contributed by atoms with Crippen molar-refractivity contribution in [2.75, 3.05) is 13.2 Å². The molecule has 1 saturated heterocycles. The normalized spacial score (nSPS) is 48.2. The van der Waals surface area contributed by atoms with Crippen LogP contribution in [-0.4, -0.2) is 30.5 Å². The Morgan fingerprint density at radius 3 is 1.33 bits per heavy atom. The summed E-state index contributed by atoms with van der Waals surface area (Å²) in [5.41, 5.74) is 0.0931. The molecule has 8 bridgehead atoms. The summed E-state index contributed by atoms with van der Waals surface area (Å²) in [5.74, 6) is 8.09. The molecule has 0 radical (unpaired) electrons. The predicted molar refractivity (Wildman–Crippen MR) is 125 cm³/mol. The van der Waals surface area contributed by atoms with Crippen molar-refractivity contribution in [3.8, 4) is 17.2 Å². The third-order valence-electron chi connectivity index (χ3n) is 10.3. The second-order valence-electron chi connectivity index (χ2n) is 13.3. The lowest BCUT2D eigenvalue weighted by Crippen LogP contribution is -2.54. The smallest absolute Gasteiger partial charge is 0.127 e. The minimum Gasteiger partial charge on any atom is -0.491 e. The summed E-state index contributed by atoms with van der Waals surface area (Å²) < 4.78 is 25.4. The van der Waals surface area contributed by atoms with Crippen LogP contribution in [0.2, 0.25) is 0 Å². The van der Waals surface area contributed by atoms with E-state index in [-0.39, 0.29) is 17.3 Å². The Hall–Kier alpha value is -1.42. The van der Waals surface area contributed by atoms with Gasteiger partial charge in [-0.3, -0.25) is 0 Å². The number of rotatable bonds is 7. The maximum absolute atomic E-state index is 6.95. The number of hydrogen-bond acceptors (Lipinski definition) is 4. The lowest BCUT2D eigenvalue weighted by molar-refractivity contribution is -0.110. The van der Waals surface area contributed by atoms with Gasteiger partial charge in [-0.05, 0) is 113 Å². The van der Waals surface area contributed by atoms with Crippen molar-refractivity contribution in [1.29, 1.82) is 0 Å². The Bertz CT molecular complexity index is 799. The average molecular weight is 451 g/mol. The van der Waals surface area contributed by atoms with Gasteiger partial charge in [-0.1, -0.05) is 0 Å². The van der Waals surface area contributed by atoms with Gasteiger partial charge in [-0.25, -0.2) is 0 Å². The highest BCUT2D eigenvalue weighted by molar-refractivity contribution is 5.43. The molecule has 10 rings (SSSR count). The fourth-order valence-corrected chi connectivity index (χ4v) is 9.91. The molecule has 1 atom stereocenters. The molecule has 0 amide bonds. The Morgan fingerprint density at radius 1 is 0.606 bits per heavy atom. The predicted octanol–water partition coefficient (Wildman–Crippen LogP) is 6.16. The van der Waals surface area contributed by atoms with Crippen LogP contribution in [0.5, 0.6) is 17.2 Å². The highest BCUT2D eigenvalue weighted by atomic mass is 16.6. The largest absolute Gasteiger partial charge is 0.491 e. The summed E-state index contributed by atoms with van der Waals surface area (Å²) in [6.45, 7) is 1.44. The minimum absolute atomic E-state index is 0.0466. The zero-order valence-electron chi connectivity index (χ0n) is 19.8. The summed E-state index contributed by atoms with van der Waals surface area (Å²) in [6.07, 6.45) is 16.3. The molecule has 9 aliphatic rings. The molecule has 1 aromatic rings. The van der Waals surface area contributed by atoms with E-state index in [1.807, 2.05) is 0 Å². The molecule has 0 N–H and O–H groups in total. The standard InChI is InChI=1S/C29H38O4/c1-18-2-20-3-19(1)11-28(10-18,12-20)32-25-7-24(30-16-27-17-31-27)8-26(9-25)33-29-13-21-4-22(14-29)6-23(5-21)15-29/h7-9,18-23,27H,1-6,10-17H2. The van der Waals surface area contributed by atoms with E-state index in [1.165, 1.54) is 77.0 Å². The highest BCUT2D eigenvalue weighted by Gasteiger charge is 2.54. The summed E-state index contributed by atoms with van der Waals surface area (Å²) >= 11 is 0. The number of epoxide rings is 1. The van der Waals surface area contributed by atoms with Crippen molar-refractivity contribution in [2.24, 2.45) is 35.5 Å². The molecule has 4 nitrogen and oxygen atoms in total. The zero-order chi connectivity index (χ0) is 21.6. The van der Waals surface area contributed by atoms with Crippen molar-refractivity contribution >= 4 is 0 Å². The van der Waals surface area contributed by atoms with Gasteiger partial charge < -0.3 is 18.9 Å². The van der Waals surface area contributed by atoms with Crippen LogP contribution in [0.3, 0.4) is 0 Å². The third kappa shape index (κ3) is 3.66. The van der Waals surface area contributed by atoms with Gasteiger partial charge >= 0.3 is 0 Å². The molecular formula is C29H38O4. The van der Waals surface area contributed by atoms with Gasteiger partial charge in [0.2, 0.25) is 0 Å². The van der Waals surface area contributed by atoms with E-state index >= 15 is 0 Å². The van der Waals surface area contributed by atoms with Crippen LogP contribution in [0.1, 0.15) is 77.0 Å². The summed E-state index contributed by atoms with van der Waals surface area (Å²) in [6, 6.07) is 6.43.